The number of nitrogens with zero attached hydrogens (tertiary/aromatic N) is 3. The van der Waals surface area contributed by atoms with Crippen LogP contribution in [0.5, 0.6) is 0 Å². The first-order chi connectivity index (χ1) is 11.1. The van der Waals surface area contributed by atoms with Crippen molar-refractivity contribution in [1.29, 1.82) is 0 Å². The molecule has 1 aliphatic heterocycles. The highest BCUT2D eigenvalue weighted by molar-refractivity contribution is 6.04. The lowest BCUT2D eigenvalue weighted by atomic mass is 10.1. The van der Waals surface area contributed by atoms with Gasteiger partial charge in [-0.05, 0) is 51.5 Å². The lowest BCUT2D eigenvalue weighted by Gasteiger charge is -2.13. The molecule has 2 aliphatic rings. The van der Waals surface area contributed by atoms with Crippen LogP contribution in [0.4, 0.5) is 0 Å². The van der Waals surface area contributed by atoms with Gasteiger partial charge in [0.1, 0.15) is 11.3 Å². The molecule has 5 nitrogen and oxygen atoms in total. The molecule has 1 N–H and O–H groups in total. The fourth-order valence-electron chi connectivity index (χ4n) is 3.59. The van der Waals surface area contributed by atoms with Gasteiger partial charge < -0.3 is 9.88 Å². The van der Waals surface area contributed by atoms with E-state index in [9.17, 15) is 4.79 Å². The topological polar surface area (TPSA) is 59.8 Å². The van der Waals surface area contributed by atoms with Crippen LogP contribution in [0.1, 0.15) is 60.9 Å². The Morgan fingerprint density at radius 1 is 1.30 bits per heavy atom. The minimum absolute atomic E-state index is 0.00633. The molecule has 3 heterocycles. The van der Waals surface area contributed by atoms with E-state index in [1.54, 1.807) is 0 Å². The molecule has 1 atom stereocenters. The first-order valence-corrected chi connectivity index (χ1v) is 8.81. The SMILES string of the molecule is Cc1cc(C(=O)N[C@@H](C)C2CC2)c2nc3n(c2n1)CCCCC3. The first-order valence-electron chi connectivity index (χ1n) is 8.81. The number of amides is 1. The van der Waals surface area contributed by atoms with Crippen molar-refractivity contribution >= 4 is 17.1 Å². The molecule has 1 saturated carbocycles. The van der Waals surface area contributed by atoms with Crippen molar-refractivity contribution in [3.8, 4) is 0 Å². The van der Waals surface area contributed by atoms with Crippen LogP contribution in [0, 0.1) is 12.8 Å². The summed E-state index contributed by atoms with van der Waals surface area (Å²) >= 11 is 0. The molecule has 0 radical (unpaired) electrons. The number of carbonyl (C=O) groups excluding carboxylic acids is 1. The average molecular weight is 312 g/mol. The second kappa shape index (κ2) is 5.62. The minimum atomic E-state index is -0.00633. The third-order valence-corrected chi connectivity index (χ3v) is 5.13. The van der Waals surface area contributed by atoms with E-state index in [0.717, 1.165) is 42.1 Å². The molecule has 4 rings (SSSR count). The van der Waals surface area contributed by atoms with Crippen molar-refractivity contribution in [2.45, 2.75) is 65.0 Å². The molecular formula is C18H24N4O. The molecular weight excluding hydrogens is 288 g/mol. The highest BCUT2D eigenvalue weighted by Gasteiger charge is 2.30. The Morgan fingerprint density at radius 2 is 2.13 bits per heavy atom. The molecule has 1 aliphatic carbocycles. The number of imidazole rings is 1. The van der Waals surface area contributed by atoms with Gasteiger partial charge in [0.15, 0.2) is 5.65 Å². The summed E-state index contributed by atoms with van der Waals surface area (Å²) in [6, 6.07) is 2.12. The molecule has 0 saturated heterocycles. The monoisotopic (exact) mass is 312 g/mol. The van der Waals surface area contributed by atoms with Crippen LogP contribution in [-0.2, 0) is 13.0 Å². The van der Waals surface area contributed by atoms with Gasteiger partial charge in [0.2, 0.25) is 0 Å². The van der Waals surface area contributed by atoms with Gasteiger partial charge in [-0.2, -0.15) is 0 Å². The van der Waals surface area contributed by atoms with Gasteiger partial charge in [0, 0.05) is 24.7 Å². The number of nitrogens with one attached hydrogen (secondary N) is 1. The van der Waals surface area contributed by atoms with Crippen molar-refractivity contribution in [3.05, 3.63) is 23.1 Å². The van der Waals surface area contributed by atoms with Crippen LogP contribution < -0.4 is 5.32 Å². The maximum absolute atomic E-state index is 12.7. The number of hydrogen-bond donors (Lipinski definition) is 1. The molecule has 2 aromatic heterocycles. The normalized spacial score (nSPS) is 19.2. The van der Waals surface area contributed by atoms with Gasteiger partial charge in [-0.3, -0.25) is 4.79 Å². The van der Waals surface area contributed by atoms with E-state index in [1.807, 2.05) is 13.0 Å². The Hall–Kier alpha value is -1.91. The molecule has 0 bridgehead atoms. The smallest absolute Gasteiger partial charge is 0.253 e. The Kier molecular flexibility index (Phi) is 3.58. The Morgan fingerprint density at radius 3 is 2.91 bits per heavy atom. The van der Waals surface area contributed by atoms with Gasteiger partial charge in [0.05, 0.1) is 5.56 Å². The number of pyridine rings is 1. The predicted molar refractivity (Wildman–Crippen MR) is 89.5 cm³/mol. The number of hydrogen-bond acceptors (Lipinski definition) is 3. The number of rotatable bonds is 3. The largest absolute Gasteiger partial charge is 0.349 e. The van der Waals surface area contributed by atoms with E-state index in [0.29, 0.717) is 11.5 Å². The Labute approximate surface area is 136 Å². The zero-order chi connectivity index (χ0) is 16.0. The summed E-state index contributed by atoms with van der Waals surface area (Å²) in [5.41, 5.74) is 3.22. The Balaban J connectivity index is 1.75. The standard InChI is InChI=1S/C18H24N4O/c1-11-10-14(18(23)20-12(2)13-7-8-13)16-17(19-11)22-9-5-3-4-6-15(22)21-16/h10,12-13H,3-9H2,1-2H3,(H,20,23)/t12-/m0/s1. The molecule has 122 valence electrons. The lowest BCUT2D eigenvalue weighted by molar-refractivity contribution is 0.0937. The van der Waals surface area contributed by atoms with Crippen molar-refractivity contribution in [1.82, 2.24) is 19.9 Å². The molecule has 1 fully saturated rings. The summed E-state index contributed by atoms with van der Waals surface area (Å²) in [7, 11) is 0. The molecule has 23 heavy (non-hydrogen) atoms. The van der Waals surface area contributed by atoms with Gasteiger partial charge in [-0.15, -0.1) is 0 Å². The number of aryl methyl sites for hydroxylation is 3. The van der Waals surface area contributed by atoms with Crippen LogP contribution in [0.15, 0.2) is 6.07 Å². The highest BCUT2D eigenvalue weighted by Crippen LogP contribution is 2.32. The van der Waals surface area contributed by atoms with Gasteiger partial charge in [-0.1, -0.05) is 6.42 Å². The minimum Gasteiger partial charge on any atom is -0.349 e. The van der Waals surface area contributed by atoms with Crippen LogP contribution >= 0.6 is 0 Å². The molecule has 0 spiro atoms. The summed E-state index contributed by atoms with van der Waals surface area (Å²) in [6.45, 7) is 5.02. The highest BCUT2D eigenvalue weighted by atomic mass is 16.1. The summed E-state index contributed by atoms with van der Waals surface area (Å²) in [5.74, 6) is 1.73. The second-order valence-corrected chi connectivity index (χ2v) is 7.07. The van der Waals surface area contributed by atoms with E-state index >= 15 is 0 Å². The fraction of sp³-hybridized carbons (Fsp3) is 0.611. The van der Waals surface area contributed by atoms with Gasteiger partial charge >= 0.3 is 0 Å². The third kappa shape index (κ3) is 2.73. The summed E-state index contributed by atoms with van der Waals surface area (Å²) in [5, 5.41) is 3.15. The van der Waals surface area contributed by atoms with Crippen LogP contribution in [0.3, 0.4) is 0 Å². The third-order valence-electron chi connectivity index (χ3n) is 5.13. The first kappa shape index (κ1) is 14.7. The average Bonchev–Trinajstić information content (AvgIpc) is 3.33. The quantitative estimate of drug-likeness (QED) is 0.948. The van der Waals surface area contributed by atoms with Crippen LogP contribution in [-0.4, -0.2) is 26.5 Å². The molecule has 0 aromatic carbocycles. The maximum atomic E-state index is 12.7. The molecule has 0 unspecified atom stereocenters. The van der Waals surface area contributed by atoms with Gasteiger partial charge in [0.25, 0.3) is 5.91 Å². The van der Waals surface area contributed by atoms with Crippen molar-refractivity contribution < 1.29 is 4.79 Å². The van der Waals surface area contributed by atoms with Crippen LogP contribution in [0.25, 0.3) is 11.2 Å². The van der Waals surface area contributed by atoms with E-state index in [2.05, 4.69) is 21.8 Å². The maximum Gasteiger partial charge on any atom is 0.253 e. The number of carbonyl (C=O) groups is 1. The summed E-state index contributed by atoms with van der Waals surface area (Å²) in [4.78, 5) is 22.2. The fourth-order valence-corrected chi connectivity index (χ4v) is 3.59. The second-order valence-electron chi connectivity index (χ2n) is 7.07. The number of fused-ring (bicyclic) bond motifs is 3. The van der Waals surface area contributed by atoms with Crippen LogP contribution in [0.2, 0.25) is 0 Å². The predicted octanol–water partition coefficient (Wildman–Crippen LogP) is 2.99. The van der Waals surface area contributed by atoms with E-state index in [4.69, 9.17) is 4.98 Å². The van der Waals surface area contributed by atoms with E-state index in [1.165, 1.54) is 25.7 Å². The molecule has 1 amide bonds. The van der Waals surface area contributed by atoms with E-state index in [-0.39, 0.29) is 11.9 Å². The Bertz CT molecular complexity index is 760. The van der Waals surface area contributed by atoms with Crippen molar-refractivity contribution in [2.75, 3.05) is 0 Å². The zero-order valence-corrected chi connectivity index (χ0v) is 13.9. The molecule has 5 heteroatoms. The van der Waals surface area contributed by atoms with Gasteiger partial charge in [-0.25, -0.2) is 9.97 Å². The van der Waals surface area contributed by atoms with E-state index < -0.39 is 0 Å². The van der Waals surface area contributed by atoms with Crippen molar-refractivity contribution in [3.63, 3.8) is 0 Å². The summed E-state index contributed by atoms with van der Waals surface area (Å²) in [6.07, 6.45) is 7.00. The zero-order valence-electron chi connectivity index (χ0n) is 13.9. The van der Waals surface area contributed by atoms with Crippen molar-refractivity contribution in [2.24, 2.45) is 5.92 Å². The lowest BCUT2D eigenvalue weighted by Crippen LogP contribution is -2.34. The summed E-state index contributed by atoms with van der Waals surface area (Å²) < 4.78 is 2.22. The number of aromatic nitrogens is 3. The molecule has 2 aromatic rings.